The molecule has 2 aliphatic rings. The molecule has 2 aromatic rings. The minimum Gasteiger partial charge on any atom is -0.345 e. The van der Waals surface area contributed by atoms with Crippen molar-refractivity contribution in [3.8, 4) is 0 Å². The first-order chi connectivity index (χ1) is 11.9. The number of hydrogen-bond donors (Lipinski definition) is 1. The monoisotopic (exact) mass is 355 g/mol. The molecule has 1 saturated carbocycles. The van der Waals surface area contributed by atoms with Gasteiger partial charge in [-0.25, -0.2) is 8.42 Å². The molecular weight excluding hydrogens is 334 g/mol. The van der Waals surface area contributed by atoms with Crippen LogP contribution in [-0.2, 0) is 16.3 Å². The van der Waals surface area contributed by atoms with Crippen LogP contribution in [0.4, 0.5) is 0 Å². The number of amides is 1. The smallest absolute Gasteiger partial charge is 0.251 e. The predicted octanol–water partition coefficient (Wildman–Crippen LogP) is 3.35. The van der Waals surface area contributed by atoms with Gasteiger partial charge in [-0.3, -0.25) is 4.79 Å². The third kappa shape index (κ3) is 3.09. The topological polar surface area (TPSA) is 63.2 Å². The zero-order chi connectivity index (χ0) is 17.6. The van der Waals surface area contributed by atoms with Gasteiger partial charge in [0.2, 0.25) is 0 Å². The Morgan fingerprint density at radius 3 is 2.44 bits per heavy atom. The van der Waals surface area contributed by atoms with Gasteiger partial charge in [-0.05, 0) is 68.0 Å². The van der Waals surface area contributed by atoms with Crippen LogP contribution in [-0.4, -0.2) is 19.6 Å². The number of rotatable bonds is 4. The zero-order valence-corrected chi connectivity index (χ0v) is 15.0. The molecule has 0 spiro atoms. The molecule has 5 heteroatoms. The molecule has 0 aromatic heterocycles. The third-order valence-electron chi connectivity index (χ3n) is 5.09. The summed E-state index contributed by atoms with van der Waals surface area (Å²) in [5.41, 5.74) is 4.22. The van der Waals surface area contributed by atoms with Crippen molar-refractivity contribution in [1.82, 2.24) is 5.32 Å². The van der Waals surface area contributed by atoms with E-state index < -0.39 is 9.84 Å². The predicted molar refractivity (Wildman–Crippen MR) is 96.4 cm³/mol. The molecule has 1 amide bonds. The maximum Gasteiger partial charge on any atom is 0.251 e. The highest BCUT2D eigenvalue weighted by atomic mass is 32.2. The van der Waals surface area contributed by atoms with Crippen molar-refractivity contribution in [2.45, 2.75) is 48.8 Å². The Morgan fingerprint density at radius 1 is 1.04 bits per heavy atom. The number of hydrogen-bond acceptors (Lipinski definition) is 3. The lowest BCUT2D eigenvalue weighted by atomic mass is 10.1. The second-order valence-electron chi connectivity index (χ2n) is 7.04. The van der Waals surface area contributed by atoms with Crippen molar-refractivity contribution in [3.63, 3.8) is 0 Å². The van der Waals surface area contributed by atoms with E-state index in [1.807, 2.05) is 0 Å². The number of aryl methyl sites for hydroxylation is 2. The van der Waals surface area contributed by atoms with Crippen LogP contribution in [0.25, 0.3) is 0 Å². The summed E-state index contributed by atoms with van der Waals surface area (Å²) in [5, 5.41) is 2.84. The van der Waals surface area contributed by atoms with Crippen LogP contribution in [0.1, 0.15) is 52.4 Å². The van der Waals surface area contributed by atoms with E-state index in [2.05, 4.69) is 30.4 Å². The molecule has 0 unspecified atom stereocenters. The van der Waals surface area contributed by atoms with Gasteiger partial charge >= 0.3 is 0 Å². The summed E-state index contributed by atoms with van der Waals surface area (Å²) < 4.78 is 24.4. The molecule has 0 bridgehead atoms. The summed E-state index contributed by atoms with van der Waals surface area (Å²) >= 11 is 0. The molecule has 2 aliphatic carbocycles. The van der Waals surface area contributed by atoms with Crippen LogP contribution in [0.5, 0.6) is 0 Å². The minimum atomic E-state index is -3.21. The maximum absolute atomic E-state index is 12.5. The van der Waals surface area contributed by atoms with Crippen molar-refractivity contribution in [1.29, 1.82) is 0 Å². The molecule has 1 fully saturated rings. The number of fused-ring (bicyclic) bond motifs is 1. The first-order valence-corrected chi connectivity index (χ1v) is 10.2. The van der Waals surface area contributed by atoms with Gasteiger partial charge in [0.05, 0.1) is 16.2 Å². The normalized spacial score (nSPS) is 19.5. The Labute approximate surface area is 148 Å². The Balaban J connectivity index is 1.49. The van der Waals surface area contributed by atoms with E-state index in [0.717, 1.165) is 25.7 Å². The van der Waals surface area contributed by atoms with Crippen molar-refractivity contribution < 1.29 is 13.2 Å². The average Bonchev–Trinajstić information content (AvgIpc) is 3.39. The highest BCUT2D eigenvalue weighted by Crippen LogP contribution is 2.34. The quantitative estimate of drug-likeness (QED) is 0.915. The molecule has 4 rings (SSSR count). The van der Waals surface area contributed by atoms with Gasteiger partial charge in [0.25, 0.3) is 5.91 Å². The Morgan fingerprint density at radius 2 is 1.76 bits per heavy atom. The molecule has 130 valence electrons. The average molecular weight is 355 g/mol. The summed E-state index contributed by atoms with van der Waals surface area (Å²) in [6.07, 6.45) is 3.36. The maximum atomic E-state index is 12.5. The van der Waals surface area contributed by atoms with E-state index in [1.165, 1.54) is 16.7 Å². The van der Waals surface area contributed by atoms with Crippen LogP contribution >= 0.6 is 0 Å². The van der Waals surface area contributed by atoms with E-state index in [9.17, 15) is 13.2 Å². The van der Waals surface area contributed by atoms with Gasteiger partial charge in [-0.1, -0.05) is 23.8 Å². The number of benzene rings is 2. The number of nitrogens with one attached hydrogen (secondary N) is 1. The van der Waals surface area contributed by atoms with E-state index in [0.29, 0.717) is 10.5 Å². The highest BCUT2D eigenvalue weighted by Gasteiger charge is 2.36. The second kappa shape index (κ2) is 5.99. The Bertz CT molecular complexity index is 928. The Hall–Kier alpha value is -2.14. The number of carbonyl (C=O) groups is 1. The lowest BCUT2D eigenvalue weighted by Crippen LogP contribution is -2.27. The third-order valence-corrected chi connectivity index (χ3v) is 7.37. The number of carbonyl (C=O) groups excluding carboxylic acids is 1. The Kier molecular flexibility index (Phi) is 3.91. The van der Waals surface area contributed by atoms with Gasteiger partial charge < -0.3 is 5.32 Å². The molecule has 0 aliphatic heterocycles. The standard InChI is InChI=1S/C20H21NO3S/c1-13-2-10-18-15(12-13)5-11-19(18)21-20(22)14-3-6-16(7-4-14)25(23,24)17-8-9-17/h2-4,6-7,10,12,17,19H,5,8-9,11H2,1H3,(H,21,22)/t19-/m1/s1. The van der Waals surface area contributed by atoms with Crippen LogP contribution < -0.4 is 5.32 Å². The largest absolute Gasteiger partial charge is 0.345 e. The van der Waals surface area contributed by atoms with E-state index in [-0.39, 0.29) is 17.2 Å². The fourth-order valence-electron chi connectivity index (χ4n) is 3.50. The summed E-state index contributed by atoms with van der Waals surface area (Å²) in [7, 11) is -3.21. The van der Waals surface area contributed by atoms with E-state index >= 15 is 0 Å². The van der Waals surface area contributed by atoms with Gasteiger partial charge in [0.15, 0.2) is 9.84 Å². The highest BCUT2D eigenvalue weighted by molar-refractivity contribution is 7.92. The minimum absolute atomic E-state index is 0.0259. The van der Waals surface area contributed by atoms with Crippen LogP contribution in [0, 0.1) is 6.92 Å². The second-order valence-corrected chi connectivity index (χ2v) is 9.26. The fraction of sp³-hybridized carbons (Fsp3) is 0.350. The van der Waals surface area contributed by atoms with Crippen molar-refractivity contribution >= 4 is 15.7 Å². The summed E-state index contributed by atoms with van der Waals surface area (Å²) in [6, 6.07) is 12.7. The van der Waals surface area contributed by atoms with Crippen LogP contribution in [0.3, 0.4) is 0 Å². The molecule has 4 nitrogen and oxygen atoms in total. The molecule has 1 atom stereocenters. The number of sulfone groups is 1. The lowest BCUT2D eigenvalue weighted by molar-refractivity contribution is 0.0936. The first-order valence-electron chi connectivity index (χ1n) is 8.69. The molecule has 0 radical (unpaired) electrons. The SMILES string of the molecule is Cc1ccc2c(c1)CC[C@H]2NC(=O)c1ccc(S(=O)(=O)C2CC2)cc1. The van der Waals surface area contributed by atoms with Gasteiger partial charge in [0.1, 0.15) is 0 Å². The fourth-order valence-corrected chi connectivity index (χ4v) is 5.16. The van der Waals surface area contributed by atoms with E-state index in [1.54, 1.807) is 24.3 Å². The van der Waals surface area contributed by atoms with Gasteiger partial charge in [-0.15, -0.1) is 0 Å². The van der Waals surface area contributed by atoms with Crippen molar-refractivity contribution in [2.24, 2.45) is 0 Å². The first kappa shape index (κ1) is 16.3. The molecule has 0 saturated heterocycles. The van der Waals surface area contributed by atoms with E-state index in [4.69, 9.17) is 0 Å². The van der Waals surface area contributed by atoms with Crippen molar-refractivity contribution in [2.75, 3.05) is 0 Å². The van der Waals surface area contributed by atoms with Crippen molar-refractivity contribution in [3.05, 3.63) is 64.7 Å². The molecular formula is C20H21NO3S. The molecule has 25 heavy (non-hydrogen) atoms. The molecule has 0 heterocycles. The zero-order valence-electron chi connectivity index (χ0n) is 14.2. The lowest BCUT2D eigenvalue weighted by Gasteiger charge is -2.14. The van der Waals surface area contributed by atoms with Crippen LogP contribution in [0.15, 0.2) is 47.4 Å². The summed E-state index contributed by atoms with van der Waals surface area (Å²) in [6.45, 7) is 2.07. The van der Waals surface area contributed by atoms with Gasteiger partial charge in [-0.2, -0.15) is 0 Å². The molecule has 2 aromatic carbocycles. The summed E-state index contributed by atoms with van der Waals surface area (Å²) in [4.78, 5) is 12.8. The molecule has 1 N–H and O–H groups in total. The summed E-state index contributed by atoms with van der Waals surface area (Å²) in [5.74, 6) is -0.159. The van der Waals surface area contributed by atoms with Gasteiger partial charge in [0, 0.05) is 5.56 Å². The van der Waals surface area contributed by atoms with Crippen LogP contribution in [0.2, 0.25) is 0 Å².